The van der Waals surface area contributed by atoms with Gasteiger partial charge in [-0.15, -0.1) is 0 Å². The van der Waals surface area contributed by atoms with E-state index in [-0.39, 0.29) is 16.8 Å². The van der Waals surface area contributed by atoms with Crippen LogP contribution in [-0.4, -0.2) is 42.1 Å². The molecule has 1 unspecified atom stereocenters. The Balaban J connectivity index is 1.64. The van der Waals surface area contributed by atoms with Crippen LogP contribution in [0.15, 0.2) is 34.4 Å². The number of nitrogens with one attached hydrogen (secondary N) is 1. The van der Waals surface area contributed by atoms with Gasteiger partial charge in [-0.2, -0.15) is 0 Å². The van der Waals surface area contributed by atoms with Crippen molar-refractivity contribution in [3.63, 3.8) is 0 Å². The number of para-hydroxylation sites is 1. The van der Waals surface area contributed by atoms with Gasteiger partial charge >= 0.3 is 4.87 Å². The summed E-state index contributed by atoms with van der Waals surface area (Å²) in [7, 11) is 1.68. The van der Waals surface area contributed by atoms with E-state index in [0.29, 0.717) is 19.5 Å². The summed E-state index contributed by atoms with van der Waals surface area (Å²) in [6, 6.07) is 8.10. The van der Waals surface area contributed by atoms with Crippen molar-refractivity contribution in [1.82, 2.24) is 14.8 Å². The van der Waals surface area contributed by atoms with Crippen molar-refractivity contribution < 1.29 is 9.53 Å². The molecule has 1 aromatic heterocycles. The Morgan fingerprint density at radius 2 is 2.04 bits per heavy atom. The predicted octanol–water partition coefficient (Wildman–Crippen LogP) is 2.57. The van der Waals surface area contributed by atoms with Crippen LogP contribution in [0, 0.1) is 6.92 Å². The zero-order valence-corrected chi connectivity index (χ0v) is 16.8. The van der Waals surface area contributed by atoms with Crippen molar-refractivity contribution in [2.45, 2.75) is 38.8 Å². The lowest BCUT2D eigenvalue weighted by Crippen LogP contribution is -2.37. The minimum Gasteiger partial charge on any atom is -0.496 e. The summed E-state index contributed by atoms with van der Waals surface area (Å²) in [5, 5.41) is 4.89. The van der Waals surface area contributed by atoms with Crippen LogP contribution >= 0.6 is 11.3 Å². The Hall–Kier alpha value is -2.12. The molecule has 1 fully saturated rings. The fraction of sp³-hybridized carbons (Fsp3) is 0.500. The number of ether oxygens (including phenoxy) is 1. The number of rotatable bonds is 8. The molecule has 1 aliphatic rings. The second-order valence-corrected chi connectivity index (χ2v) is 7.67. The third kappa shape index (κ3) is 4.78. The molecule has 1 amide bonds. The van der Waals surface area contributed by atoms with E-state index in [4.69, 9.17) is 4.74 Å². The smallest absolute Gasteiger partial charge is 0.307 e. The van der Waals surface area contributed by atoms with Gasteiger partial charge in [-0.05, 0) is 38.9 Å². The highest BCUT2D eigenvalue weighted by Crippen LogP contribution is 2.31. The first-order valence-corrected chi connectivity index (χ1v) is 10.3. The molecular formula is C20H27N3O3S. The molecule has 146 valence electrons. The van der Waals surface area contributed by atoms with Crippen LogP contribution in [0.1, 0.15) is 36.6 Å². The minimum atomic E-state index is -0.0356. The van der Waals surface area contributed by atoms with Crippen LogP contribution < -0.4 is 14.9 Å². The van der Waals surface area contributed by atoms with E-state index in [9.17, 15) is 9.59 Å². The van der Waals surface area contributed by atoms with Crippen molar-refractivity contribution >= 4 is 17.2 Å². The summed E-state index contributed by atoms with van der Waals surface area (Å²) in [5.41, 5.74) is 2.01. The van der Waals surface area contributed by atoms with Crippen molar-refractivity contribution in [2.24, 2.45) is 0 Å². The summed E-state index contributed by atoms with van der Waals surface area (Å²) in [4.78, 5) is 26.6. The molecule has 2 aromatic rings. The molecule has 1 atom stereocenters. The topological polar surface area (TPSA) is 63.6 Å². The Labute approximate surface area is 163 Å². The van der Waals surface area contributed by atoms with Gasteiger partial charge in [0.25, 0.3) is 0 Å². The first kappa shape index (κ1) is 19.6. The number of thiazole rings is 1. The maximum Gasteiger partial charge on any atom is 0.307 e. The summed E-state index contributed by atoms with van der Waals surface area (Å²) in [6.45, 7) is 4.91. The maximum atomic E-state index is 12.4. The molecular weight excluding hydrogens is 362 g/mol. The lowest BCUT2D eigenvalue weighted by Gasteiger charge is -2.29. The minimum absolute atomic E-state index is 0.00994. The van der Waals surface area contributed by atoms with Crippen molar-refractivity contribution in [1.29, 1.82) is 0 Å². The molecule has 1 N–H and O–H groups in total. The SMILES string of the molecule is COc1ccccc1C(CNC(=O)CCn1c(C)csc1=O)N1CCCC1. The molecule has 6 nitrogen and oxygen atoms in total. The van der Waals surface area contributed by atoms with Gasteiger partial charge in [-0.3, -0.25) is 14.5 Å². The van der Waals surface area contributed by atoms with E-state index >= 15 is 0 Å². The number of benzene rings is 1. The van der Waals surface area contributed by atoms with Crippen LogP contribution in [0.3, 0.4) is 0 Å². The first-order valence-electron chi connectivity index (χ1n) is 9.38. The molecule has 1 saturated heterocycles. The summed E-state index contributed by atoms with van der Waals surface area (Å²) < 4.78 is 7.19. The van der Waals surface area contributed by atoms with E-state index in [0.717, 1.165) is 30.1 Å². The molecule has 0 aliphatic carbocycles. The lowest BCUT2D eigenvalue weighted by molar-refractivity contribution is -0.121. The molecule has 1 aliphatic heterocycles. The van der Waals surface area contributed by atoms with Gasteiger partial charge in [0, 0.05) is 36.1 Å². The quantitative estimate of drug-likeness (QED) is 0.754. The number of aromatic nitrogens is 1. The monoisotopic (exact) mass is 389 g/mol. The van der Waals surface area contributed by atoms with Crippen LogP contribution in [-0.2, 0) is 11.3 Å². The molecule has 0 saturated carbocycles. The highest BCUT2D eigenvalue weighted by molar-refractivity contribution is 7.07. The van der Waals surface area contributed by atoms with E-state index in [1.54, 1.807) is 11.7 Å². The third-order valence-corrected chi connectivity index (χ3v) is 5.99. The predicted molar refractivity (Wildman–Crippen MR) is 107 cm³/mol. The van der Waals surface area contributed by atoms with Crippen molar-refractivity contribution in [2.75, 3.05) is 26.7 Å². The molecule has 0 spiro atoms. The van der Waals surface area contributed by atoms with E-state index < -0.39 is 0 Å². The van der Waals surface area contributed by atoms with Crippen molar-refractivity contribution in [3.8, 4) is 5.75 Å². The summed E-state index contributed by atoms with van der Waals surface area (Å²) >= 11 is 1.17. The van der Waals surface area contributed by atoms with Crippen molar-refractivity contribution in [3.05, 3.63) is 50.6 Å². The van der Waals surface area contributed by atoms with Gasteiger partial charge in [0.1, 0.15) is 5.75 Å². The van der Waals surface area contributed by atoms with Crippen LogP contribution in [0.25, 0.3) is 0 Å². The number of likely N-dealkylation sites (tertiary alicyclic amines) is 1. The van der Waals surface area contributed by atoms with Crippen LogP contribution in [0.5, 0.6) is 5.75 Å². The Morgan fingerprint density at radius 1 is 1.30 bits per heavy atom. The highest BCUT2D eigenvalue weighted by Gasteiger charge is 2.26. The van der Waals surface area contributed by atoms with Gasteiger partial charge in [0.15, 0.2) is 0 Å². The highest BCUT2D eigenvalue weighted by atomic mass is 32.1. The molecule has 1 aromatic carbocycles. The molecule has 27 heavy (non-hydrogen) atoms. The summed E-state index contributed by atoms with van der Waals surface area (Å²) in [5.74, 6) is 0.815. The van der Waals surface area contributed by atoms with Gasteiger partial charge in [-0.25, -0.2) is 0 Å². The van der Waals surface area contributed by atoms with Crippen LogP contribution in [0.2, 0.25) is 0 Å². The second kappa shape index (κ2) is 9.19. The molecule has 7 heteroatoms. The van der Waals surface area contributed by atoms with E-state index in [2.05, 4.69) is 16.3 Å². The van der Waals surface area contributed by atoms with Gasteiger partial charge in [0.05, 0.1) is 13.2 Å². The number of hydrogen-bond donors (Lipinski definition) is 1. The zero-order valence-electron chi connectivity index (χ0n) is 15.9. The second-order valence-electron chi connectivity index (χ2n) is 6.85. The Kier molecular flexibility index (Phi) is 6.68. The number of nitrogens with zero attached hydrogens (tertiary/aromatic N) is 2. The molecule has 0 bridgehead atoms. The average molecular weight is 390 g/mol. The van der Waals surface area contributed by atoms with Gasteiger partial charge in [-0.1, -0.05) is 29.5 Å². The van der Waals surface area contributed by atoms with E-state index in [1.807, 2.05) is 30.5 Å². The Bertz CT molecular complexity index is 824. The molecule has 0 radical (unpaired) electrons. The van der Waals surface area contributed by atoms with Crippen LogP contribution in [0.4, 0.5) is 0 Å². The number of carbonyl (C=O) groups is 1. The average Bonchev–Trinajstić information content (AvgIpc) is 3.31. The molecule has 3 rings (SSSR count). The molecule has 2 heterocycles. The first-order chi connectivity index (χ1) is 13.1. The maximum absolute atomic E-state index is 12.4. The largest absolute Gasteiger partial charge is 0.496 e. The fourth-order valence-electron chi connectivity index (χ4n) is 3.62. The Morgan fingerprint density at radius 3 is 2.70 bits per heavy atom. The summed E-state index contributed by atoms with van der Waals surface area (Å²) in [6.07, 6.45) is 2.66. The van der Waals surface area contributed by atoms with Gasteiger partial charge in [0.2, 0.25) is 5.91 Å². The third-order valence-electron chi connectivity index (χ3n) is 5.11. The number of methoxy groups -OCH3 is 1. The van der Waals surface area contributed by atoms with Gasteiger partial charge < -0.3 is 14.6 Å². The fourth-order valence-corrected chi connectivity index (χ4v) is 4.38. The van der Waals surface area contributed by atoms with E-state index in [1.165, 1.54) is 24.2 Å². The number of aryl methyl sites for hydroxylation is 1. The zero-order chi connectivity index (χ0) is 19.2. The number of hydrogen-bond acceptors (Lipinski definition) is 5. The number of amides is 1. The normalized spacial score (nSPS) is 15.6. The number of carbonyl (C=O) groups excluding carboxylic acids is 1. The standard InChI is InChI=1S/C20H27N3O3S/c1-15-14-27-20(25)23(15)12-9-19(24)21-13-17(22-10-5-6-11-22)16-7-3-4-8-18(16)26-2/h3-4,7-8,14,17H,5-6,9-13H2,1-2H3,(H,21,24). The lowest BCUT2D eigenvalue weighted by atomic mass is 10.0.